The number of amides is 1. The Kier molecular flexibility index (Phi) is 5.22. The van der Waals surface area contributed by atoms with Crippen LogP contribution in [-0.4, -0.2) is 38.9 Å². The van der Waals surface area contributed by atoms with Gasteiger partial charge < -0.3 is 14.6 Å². The summed E-state index contributed by atoms with van der Waals surface area (Å²) in [5.41, 5.74) is 0.391. The molecule has 1 heterocycles. The van der Waals surface area contributed by atoms with Gasteiger partial charge in [-0.2, -0.15) is 0 Å². The number of nitrogens with one attached hydrogen (secondary N) is 2. The third-order valence-electron chi connectivity index (χ3n) is 2.88. The molecule has 0 aliphatic heterocycles. The van der Waals surface area contributed by atoms with Crippen molar-refractivity contribution in [2.45, 2.75) is 6.92 Å². The van der Waals surface area contributed by atoms with Gasteiger partial charge in [-0.3, -0.25) is 9.52 Å². The van der Waals surface area contributed by atoms with Crippen LogP contribution in [-0.2, 0) is 10.0 Å². The SMILES string of the molecule is COc1cccc(C(=O)NCCS(=O)(=O)Nc2cc(C)on2)c1. The highest BCUT2D eigenvalue weighted by Crippen LogP contribution is 2.12. The van der Waals surface area contributed by atoms with E-state index in [0.29, 0.717) is 17.1 Å². The second-order valence-electron chi connectivity index (χ2n) is 4.73. The standard InChI is InChI=1S/C14H17N3O5S/c1-10-8-13(16-22-10)17-23(19,20)7-6-15-14(18)11-4-3-5-12(9-11)21-2/h3-5,8-9H,6-7H2,1-2H3,(H,15,18)(H,16,17). The van der Waals surface area contributed by atoms with Crippen LogP contribution in [0.3, 0.4) is 0 Å². The van der Waals surface area contributed by atoms with Crippen molar-refractivity contribution in [3.05, 3.63) is 41.7 Å². The molecule has 0 bridgehead atoms. The van der Waals surface area contributed by atoms with Crippen LogP contribution in [0.5, 0.6) is 5.75 Å². The Morgan fingerprint density at radius 1 is 1.35 bits per heavy atom. The number of anilines is 1. The minimum absolute atomic E-state index is 0.0395. The van der Waals surface area contributed by atoms with Crippen LogP contribution in [0.2, 0.25) is 0 Å². The van der Waals surface area contributed by atoms with Gasteiger partial charge in [0.05, 0.1) is 12.9 Å². The molecule has 0 radical (unpaired) electrons. The van der Waals surface area contributed by atoms with E-state index in [2.05, 4.69) is 15.2 Å². The highest BCUT2D eigenvalue weighted by molar-refractivity contribution is 7.92. The van der Waals surface area contributed by atoms with Gasteiger partial charge in [0, 0.05) is 18.2 Å². The largest absolute Gasteiger partial charge is 0.497 e. The van der Waals surface area contributed by atoms with E-state index in [1.54, 1.807) is 31.2 Å². The first-order valence-corrected chi connectivity index (χ1v) is 8.41. The number of sulfonamides is 1. The quantitative estimate of drug-likeness (QED) is 0.783. The summed E-state index contributed by atoms with van der Waals surface area (Å²) >= 11 is 0. The molecule has 0 aliphatic rings. The maximum absolute atomic E-state index is 12.0. The minimum atomic E-state index is -3.62. The van der Waals surface area contributed by atoms with E-state index in [9.17, 15) is 13.2 Å². The van der Waals surface area contributed by atoms with Crippen LogP contribution >= 0.6 is 0 Å². The second-order valence-corrected chi connectivity index (χ2v) is 6.57. The summed E-state index contributed by atoms with van der Waals surface area (Å²) in [6.07, 6.45) is 0. The third kappa shape index (κ3) is 4.99. The van der Waals surface area contributed by atoms with Crippen molar-refractivity contribution in [1.82, 2.24) is 10.5 Å². The fourth-order valence-corrected chi connectivity index (χ4v) is 2.68. The number of aromatic nitrogens is 1. The van der Waals surface area contributed by atoms with Gasteiger partial charge in [-0.15, -0.1) is 0 Å². The number of hydrogen-bond acceptors (Lipinski definition) is 6. The zero-order valence-electron chi connectivity index (χ0n) is 12.7. The number of nitrogens with zero attached hydrogens (tertiary/aromatic N) is 1. The molecule has 23 heavy (non-hydrogen) atoms. The van der Waals surface area contributed by atoms with E-state index in [1.807, 2.05) is 0 Å². The molecule has 0 fully saturated rings. The Hall–Kier alpha value is -2.55. The zero-order chi connectivity index (χ0) is 16.9. The van der Waals surface area contributed by atoms with Gasteiger partial charge in [-0.25, -0.2) is 8.42 Å². The number of rotatable bonds is 7. The van der Waals surface area contributed by atoms with E-state index in [0.717, 1.165) is 0 Å². The number of methoxy groups -OCH3 is 1. The maximum Gasteiger partial charge on any atom is 0.251 e. The van der Waals surface area contributed by atoms with Crippen LogP contribution < -0.4 is 14.8 Å². The highest BCUT2D eigenvalue weighted by Gasteiger charge is 2.14. The third-order valence-corrected chi connectivity index (χ3v) is 4.14. The molecule has 0 aliphatic carbocycles. The van der Waals surface area contributed by atoms with Gasteiger partial charge in [0.1, 0.15) is 11.5 Å². The van der Waals surface area contributed by atoms with Crippen molar-refractivity contribution < 1.29 is 22.5 Å². The Bertz CT molecular complexity index is 785. The minimum Gasteiger partial charge on any atom is -0.497 e. The lowest BCUT2D eigenvalue weighted by Crippen LogP contribution is -2.31. The van der Waals surface area contributed by atoms with E-state index < -0.39 is 10.0 Å². The second kappa shape index (κ2) is 7.14. The molecule has 2 N–H and O–H groups in total. The predicted molar refractivity (Wildman–Crippen MR) is 84.0 cm³/mol. The topological polar surface area (TPSA) is 111 Å². The normalized spacial score (nSPS) is 11.0. The summed E-state index contributed by atoms with van der Waals surface area (Å²) in [4.78, 5) is 12.0. The summed E-state index contributed by atoms with van der Waals surface area (Å²) in [6, 6.07) is 8.04. The Morgan fingerprint density at radius 2 is 2.13 bits per heavy atom. The van der Waals surface area contributed by atoms with Crippen LogP contribution in [0, 0.1) is 6.92 Å². The number of carbonyl (C=O) groups is 1. The zero-order valence-corrected chi connectivity index (χ0v) is 13.5. The first-order chi connectivity index (χ1) is 10.9. The maximum atomic E-state index is 12.0. The van der Waals surface area contributed by atoms with Crippen LogP contribution in [0.25, 0.3) is 0 Å². The van der Waals surface area contributed by atoms with Gasteiger partial charge in [0.15, 0.2) is 5.82 Å². The molecule has 0 spiro atoms. The molecule has 1 aromatic carbocycles. The fourth-order valence-electron chi connectivity index (χ4n) is 1.79. The molecule has 1 amide bonds. The summed E-state index contributed by atoms with van der Waals surface area (Å²) in [7, 11) is -2.12. The molecule has 2 aromatic rings. The predicted octanol–water partition coefficient (Wildman–Crippen LogP) is 1.16. The molecule has 9 heteroatoms. The molecule has 8 nitrogen and oxygen atoms in total. The summed E-state index contributed by atoms with van der Waals surface area (Å²) in [6.45, 7) is 1.61. The van der Waals surface area contributed by atoms with Crippen molar-refractivity contribution in [3.8, 4) is 5.75 Å². The highest BCUT2D eigenvalue weighted by atomic mass is 32.2. The number of benzene rings is 1. The van der Waals surface area contributed by atoms with Gasteiger partial charge in [-0.1, -0.05) is 11.2 Å². The average molecular weight is 339 g/mol. The van der Waals surface area contributed by atoms with Crippen molar-refractivity contribution in [2.24, 2.45) is 0 Å². The van der Waals surface area contributed by atoms with E-state index in [4.69, 9.17) is 9.26 Å². The lowest BCUT2D eigenvalue weighted by atomic mass is 10.2. The first-order valence-electron chi connectivity index (χ1n) is 6.76. The molecule has 0 unspecified atom stereocenters. The molecule has 124 valence electrons. The van der Waals surface area contributed by atoms with E-state index >= 15 is 0 Å². The first kappa shape index (κ1) is 16.8. The Balaban J connectivity index is 1.86. The summed E-state index contributed by atoms with van der Waals surface area (Å²) in [5.74, 6) is 0.495. The molecule has 0 saturated heterocycles. The molecule has 0 saturated carbocycles. The van der Waals surface area contributed by atoms with Gasteiger partial charge in [0.25, 0.3) is 5.91 Å². The fraction of sp³-hybridized carbons (Fsp3) is 0.286. The smallest absolute Gasteiger partial charge is 0.251 e. The number of aryl methyl sites for hydroxylation is 1. The van der Waals surface area contributed by atoms with Crippen LogP contribution in [0.1, 0.15) is 16.1 Å². The Morgan fingerprint density at radius 3 is 2.78 bits per heavy atom. The van der Waals surface area contributed by atoms with Crippen LogP contribution in [0.4, 0.5) is 5.82 Å². The van der Waals surface area contributed by atoms with Crippen molar-refractivity contribution in [3.63, 3.8) is 0 Å². The number of ether oxygens (including phenoxy) is 1. The number of carbonyl (C=O) groups excluding carboxylic acids is 1. The molecule has 0 atom stereocenters. The lowest BCUT2D eigenvalue weighted by molar-refractivity contribution is 0.0956. The van der Waals surface area contributed by atoms with Gasteiger partial charge >= 0.3 is 0 Å². The monoisotopic (exact) mass is 339 g/mol. The van der Waals surface area contributed by atoms with E-state index in [-0.39, 0.29) is 24.0 Å². The van der Waals surface area contributed by atoms with Gasteiger partial charge in [0.2, 0.25) is 10.0 Å². The molecule has 2 rings (SSSR count). The van der Waals surface area contributed by atoms with Crippen LogP contribution in [0.15, 0.2) is 34.9 Å². The number of hydrogen-bond donors (Lipinski definition) is 2. The Labute approximate surface area is 133 Å². The van der Waals surface area contributed by atoms with Crippen molar-refractivity contribution in [2.75, 3.05) is 24.1 Å². The summed E-state index contributed by atoms with van der Waals surface area (Å²) < 4.78 is 35.8. The van der Waals surface area contributed by atoms with Crippen molar-refractivity contribution in [1.29, 1.82) is 0 Å². The lowest BCUT2D eigenvalue weighted by Gasteiger charge is -2.07. The molecular formula is C14H17N3O5S. The molecule has 1 aromatic heterocycles. The average Bonchev–Trinajstić information content (AvgIpc) is 2.91. The molecular weight excluding hydrogens is 322 g/mol. The summed E-state index contributed by atoms with van der Waals surface area (Å²) in [5, 5.41) is 6.08. The van der Waals surface area contributed by atoms with E-state index in [1.165, 1.54) is 13.2 Å². The van der Waals surface area contributed by atoms with Gasteiger partial charge in [-0.05, 0) is 25.1 Å². The van der Waals surface area contributed by atoms with Crippen molar-refractivity contribution >= 4 is 21.7 Å².